The third-order valence-electron chi connectivity index (χ3n) is 7.49. The van der Waals surface area contributed by atoms with Gasteiger partial charge in [0.15, 0.2) is 0 Å². The molecule has 0 bridgehead atoms. The molecule has 0 aliphatic heterocycles. The van der Waals surface area contributed by atoms with Crippen LogP contribution in [-0.4, -0.2) is 0 Å². The molecule has 1 heteroatoms. The Hall–Kier alpha value is -5.66. The van der Waals surface area contributed by atoms with Crippen molar-refractivity contribution in [2.75, 3.05) is 0 Å². The number of fused-ring (bicyclic) bond motifs is 6. The van der Waals surface area contributed by atoms with Crippen molar-refractivity contribution in [3.05, 3.63) is 157 Å². The fraction of sp³-hybridized carbons (Fsp3) is 0. The number of hydrogen-bond donors (Lipinski definition) is 0. The standard InChI is InChI=1S/C42H26O/c1-2-13-28(14-3-1)37-25-31(26-38-32-16-10-11-21-39(32)43-42(37)38)41-35-19-8-6-17-33(35)40(34-18-7-9-20-36(34)41)30-23-22-27-12-4-5-15-29(27)24-30/h1-26H/i1D,2D,3D,4D,5D,10D,11D,12D,13D,14D,15D,16D,21D,22D,23D,24D,25D,26D. The van der Waals surface area contributed by atoms with Gasteiger partial charge < -0.3 is 4.42 Å². The lowest BCUT2D eigenvalue weighted by atomic mass is 9.84. The molecule has 200 valence electrons. The molecule has 1 heterocycles. The van der Waals surface area contributed by atoms with Crippen molar-refractivity contribution in [3.63, 3.8) is 0 Å². The molecule has 9 rings (SSSR count). The number of benzene rings is 8. The van der Waals surface area contributed by atoms with Crippen LogP contribution in [0.3, 0.4) is 0 Å². The average molecular weight is 565 g/mol. The van der Waals surface area contributed by atoms with Gasteiger partial charge in [-0.15, -0.1) is 0 Å². The zero-order valence-electron chi connectivity index (χ0n) is 40.0. The Morgan fingerprint density at radius 3 is 1.74 bits per heavy atom. The predicted molar refractivity (Wildman–Crippen MR) is 183 cm³/mol. The Balaban J connectivity index is 1.54. The van der Waals surface area contributed by atoms with Crippen LogP contribution in [0.4, 0.5) is 0 Å². The molecule has 0 unspecified atom stereocenters. The van der Waals surface area contributed by atoms with E-state index in [0.29, 0.717) is 21.5 Å². The molecule has 8 aromatic carbocycles. The van der Waals surface area contributed by atoms with Gasteiger partial charge in [0.25, 0.3) is 0 Å². The minimum absolute atomic E-state index is 0.120. The molecular formula is C42H26O. The van der Waals surface area contributed by atoms with Gasteiger partial charge in [-0.25, -0.2) is 0 Å². The van der Waals surface area contributed by atoms with Crippen LogP contribution in [0.15, 0.2) is 162 Å². The minimum atomic E-state index is -0.730. The Morgan fingerprint density at radius 1 is 0.419 bits per heavy atom. The number of para-hydroxylation sites is 1. The maximum absolute atomic E-state index is 9.89. The molecule has 0 atom stereocenters. The molecule has 1 aromatic heterocycles. The highest BCUT2D eigenvalue weighted by Gasteiger charge is 2.20. The fourth-order valence-corrected chi connectivity index (χ4v) is 5.70. The second-order valence-corrected chi connectivity index (χ2v) is 9.85. The predicted octanol–water partition coefficient (Wildman–Crippen LogP) is 12.0. The van der Waals surface area contributed by atoms with E-state index >= 15 is 0 Å². The normalized spacial score (nSPS) is 17.6. The van der Waals surface area contributed by atoms with Crippen molar-refractivity contribution in [2.24, 2.45) is 0 Å². The van der Waals surface area contributed by atoms with Crippen molar-refractivity contribution in [3.8, 4) is 33.4 Å². The smallest absolute Gasteiger partial charge is 0.143 e. The highest BCUT2D eigenvalue weighted by molar-refractivity contribution is 6.23. The summed E-state index contributed by atoms with van der Waals surface area (Å²) in [5.41, 5.74) is -1.44. The minimum Gasteiger partial charge on any atom is -0.455 e. The van der Waals surface area contributed by atoms with Gasteiger partial charge in [0, 0.05) is 16.3 Å². The molecule has 0 N–H and O–H groups in total. The topological polar surface area (TPSA) is 13.1 Å². The van der Waals surface area contributed by atoms with E-state index in [4.69, 9.17) is 23.6 Å². The van der Waals surface area contributed by atoms with Crippen LogP contribution >= 0.6 is 0 Å². The van der Waals surface area contributed by atoms with Gasteiger partial charge >= 0.3 is 0 Å². The number of furan rings is 1. The lowest BCUT2D eigenvalue weighted by Gasteiger charge is -2.18. The van der Waals surface area contributed by atoms with Crippen LogP contribution < -0.4 is 0 Å². The summed E-state index contributed by atoms with van der Waals surface area (Å²) in [6.07, 6.45) is 0. The molecular weight excluding hydrogens is 520 g/mol. The Kier molecular flexibility index (Phi) is 2.70. The lowest BCUT2D eigenvalue weighted by molar-refractivity contribution is 0.670. The number of hydrogen-bond acceptors (Lipinski definition) is 1. The van der Waals surface area contributed by atoms with E-state index in [1.54, 1.807) is 48.5 Å². The molecule has 0 saturated heterocycles. The van der Waals surface area contributed by atoms with Gasteiger partial charge in [-0.3, -0.25) is 0 Å². The third kappa shape index (κ3) is 3.72. The van der Waals surface area contributed by atoms with Crippen LogP contribution in [-0.2, 0) is 0 Å². The van der Waals surface area contributed by atoms with Crippen molar-refractivity contribution >= 4 is 54.3 Å². The van der Waals surface area contributed by atoms with Gasteiger partial charge in [-0.05, 0) is 84.3 Å². The quantitative estimate of drug-likeness (QED) is 0.195. The molecule has 1 nitrogen and oxygen atoms in total. The summed E-state index contributed by atoms with van der Waals surface area (Å²) in [7, 11) is 0. The fourth-order valence-electron chi connectivity index (χ4n) is 5.70. The zero-order chi connectivity index (χ0) is 44.0. The van der Waals surface area contributed by atoms with Crippen LogP contribution in [0.5, 0.6) is 0 Å². The SMILES string of the molecule is [2H]c1c([2H])c([2H])c(-c2c([2H])c(-c3c4ccccc4c(-c4c([2H])c([2H])c5c([2H])c([2H])c([2H])c([2H])c5c4[2H])c4ccccc34)c([2H])c3c2oc2c([2H])c([2H])c([2H])c([2H])c23)c([2H])c1[2H]. The second-order valence-electron chi connectivity index (χ2n) is 9.85. The largest absolute Gasteiger partial charge is 0.455 e. The molecule has 9 aromatic rings. The van der Waals surface area contributed by atoms with E-state index < -0.39 is 114 Å². The van der Waals surface area contributed by atoms with E-state index in [2.05, 4.69) is 0 Å². The maximum Gasteiger partial charge on any atom is 0.143 e. The summed E-state index contributed by atoms with van der Waals surface area (Å²) >= 11 is 0. The summed E-state index contributed by atoms with van der Waals surface area (Å²) < 4.78 is 165. The Morgan fingerprint density at radius 2 is 1.02 bits per heavy atom. The monoisotopic (exact) mass is 564 g/mol. The zero-order valence-corrected chi connectivity index (χ0v) is 22.0. The van der Waals surface area contributed by atoms with Crippen LogP contribution in [0.1, 0.15) is 24.7 Å². The van der Waals surface area contributed by atoms with E-state index in [-0.39, 0.29) is 60.5 Å². The van der Waals surface area contributed by atoms with E-state index in [1.807, 2.05) is 0 Å². The molecule has 43 heavy (non-hydrogen) atoms. The Bertz CT molecular complexity index is 3430. The molecule has 0 spiro atoms. The van der Waals surface area contributed by atoms with Crippen LogP contribution in [0.25, 0.3) is 87.6 Å². The van der Waals surface area contributed by atoms with Crippen LogP contribution in [0, 0.1) is 0 Å². The van der Waals surface area contributed by atoms with Gasteiger partial charge in [-0.1, -0.05) is 133 Å². The highest BCUT2D eigenvalue weighted by atomic mass is 16.3. The molecule has 0 saturated carbocycles. The van der Waals surface area contributed by atoms with Gasteiger partial charge in [0.2, 0.25) is 0 Å². The van der Waals surface area contributed by atoms with Crippen molar-refractivity contribution in [2.45, 2.75) is 0 Å². The van der Waals surface area contributed by atoms with Gasteiger partial charge in [-0.2, -0.15) is 0 Å². The summed E-state index contributed by atoms with van der Waals surface area (Å²) in [6, 6.07) is 2.41. The van der Waals surface area contributed by atoms with Crippen molar-refractivity contribution in [1.82, 2.24) is 0 Å². The van der Waals surface area contributed by atoms with E-state index in [9.17, 15) is 5.48 Å². The summed E-state index contributed by atoms with van der Waals surface area (Å²) in [5.74, 6) is 0. The molecule has 0 fully saturated rings. The first-order valence-corrected chi connectivity index (χ1v) is 13.3. The van der Waals surface area contributed by atoms with E-state index in [0.717, 1.165) is 0 Å². The van der Waals surface area contributed by atoms with Gasteiger partial charge in [0.05, 0.1) is 24.7 Å². The summed E-state index contributed by atoms with van der Waals surface area (Å²) in [5, 5.41) is 0.320. The molecule has 0 radical (unpaired) electrons. The number of rotatable bonds is 3. The third-order valence-corrected chi connectivity index (χ3v) is 7.49. The van der Waals surface area contributed by atoms with Crippen molar-refractivity contribution in [1.29, 1.82) is 0 Å². The van der Waals surface area contributed by atoms with Crippen LogP contribution in [0.2, 0.25) is 0 Å². The average Bonchev–Trinajstić information content (AvgIpc) is 3.65. The maximum atomic E-state index is 9.89. The lowest BCUT2D eigenvalue weighted by Crippen LogP contribution is -1.91. The molecule has 0 amide bonds. The molecule has 0 aliphatic carbocycles. The highest BCUT2D eigenvalue weighted by Crippen LogP contribution is 2.46. The first-order valence-electron chi connectivity index (χ1n) is 22.3. The first kappa shape index (κ1) is 12.3. The Labute approximate surface area is 274 Å². The summed E-state index contributed by atoms with van der Waals surface area (Å²) in [6.45, 7) is 0. The van der Waals surface area contributed by atoms with Gasteiger partial charge in [0.1, 0.15) is 11.2 Å². The summed E-state index contributed by atoms with van der Waals surface area (Å²) in [4.78, 5) is 0. The second kappa shape index (κ2) is 9.44. The first-order chi connectivity index (χ1) is 28.8. The van der Waals surface area contributed by atoms with E-state index in [1.165, 1.54) is 0 Å². The van der Waals surface area contributed by atoms with Crippen molar-refractivity contribution < 1.29 is 29.1 Å². The molecule has 0 aliphatic rings.